The number of sulfonamides is 1. The lowest BCUT2D eigenvalue weighted by molar-refractivity contribution is -0.385. The van der Waals surface area contributed by atoms with Gasteiger partial charge in [-0.3, -0.25) is 10.1 Å². The summed E-state index contributed by atoms with van der Waals surface area (Å²) in [6, 6.07) is 8.74. The second kappa shape index (κ2) is 6.85. The van der Waals surface area contributed by atoms with Gasteiger partial charge in [-0.2, -0.15) is 23.9 Å². The molecule has 0 radical (unpaired) electrons. The van der Waals surface area contributed by atoms with Crippen LogP contribution in [0.15, 0.2) is 52.7 Å². The van der Waals surface area contributed by atoms with Crippen molar-refractivity contribution in [3.05, 3.63) is 69.5 Å². The van der Waals surface area contributed by atoms with E-state index in [0.29, 0.717) is 22.2 Å². The molecule has 0 amide bonds. The first kappa shape index (κ1) is 18.0. The fourth-order valence-electron chi connectivity index (χ4n) is 2.37. The third kappa shape index (κ3) is 3.60. The highest BCUT2D eigenvalue weighted by Crippen LogP contribution is 2.21. The summed E-state index contributed by atoms with van der Waals surface area (Å²) in [5.74, 6) is 0. The van der Waals surface area contributed by atoms with E-state index < -0.39 is 14.9 Å². The minimum absolute atomic E-state index is 0.236. The van der Waals surface area contributed by atoms with E-state index in [9.17, 15) is 18.5 Å². The van der Waals surface area contributed by atoms with Crippen molar-refractivity contribution in [1.82, 2.24) is 14.4 Å². The Bertz CT molecular complexity index is 1220. The first-order valence-electron chi connectivity index (χ1n) is 7.49. The Labute approximate surface area is 153 Å². The maximum absolute atomic E-state index is 12.4. The second-order valence-corrected chi connectivity index (χ2v) is 7.15. The van der Waals surface area contributed by atoms with Crippen LogP contribution in [-0.4, -0.2) is 29.2 Å². The first-order valence-corrected chi connectivity index (χ1v) is 8.97. The quantitative estimate of drug-likeness (QED) is 0.403. The first-order chi connectivity index (χ1) is 12.8. The number of nitrogens with one attached hydrogen (secondary N) is 1. The number of hydrogen-bond donors (Lipinski definition) is 1. The van der Waals surface area contributed by atoms with Crippen molar-refractivity contribution in [2.24, 2.45) is 5.10 Å². The molecule has 2 heterocycles. The molecule has 0 saturated carbocycles. The Hall–Kier alpha value is -3.78. The topological polar surface area (TPSA) is 143 Å². The predicted molar refractivity (Wildman–Crippen MR) is 95.7 cm³/mol. The van der Waals surface area contributed by atoms with Crippen LogP contribution in [0.4, 0.5) is 5.69 Å². The third-order valence-electron chi connectivity index (χ3n) is 3.73. The fourth-order valence-corrected chi connectivity index (χ4v) is 3.43. The lowest BCUT2D eigenvalue weighted by Crippen LogP contribution is -2.19. The van der Waals surface area contributed by atoms with Gasteiger partial charge in [-0.15, -0.1) is 0 Å². The molecular weight excluding hydrogens is 372 g/mol. The summed E-state index contributed by atoms with van der Waals surface area (Å²) in [4.78, 5) is 12.0. The largest absolute Gasteiger partial charge is 0.277 e. The van der Waals surface area contributed by atoms with Crippen molar-refractivity contribution in [3.63, 3.8) is 0 Å². The summed E-state index contributed by atoms with van der Waals surface area (Å²) in [6.45, 7) is 1.52. The molecular formula is C16H12N6O4S. The molecule has 27 heavy (non-hydrogen) atoms. The monoisotopic (exact) mass is 384 g/mol. The lowest BCUT2D eigenvalue weighted by atomic mass is 10.2. The number of aromatic nitrogens is 2. The van der Waals surface area contributed by atoms with Gasteiger partial charge in [0.15, 0.2) is 0 Å². The van der Waals surface area contributed by atoms with Gasteiger partial charge in [0.25, 0.3) is 15.7 Å². The molecule has 0 aliphatic rings. The Morgan fingerprint density at radius 3 is 2.85 bits per heavy atom. The molecule has 0 spiro atoms. The molecule has 0 saturated heterocycles. The molecule has 0 unspecified atom stereocenters. The number of pyridine rings is 1. The minimum Gasteiger partial charge on any atom is -0.258 e. The summed E-state index contributed by atoms with van der Waals surface area (Å²) in [5.41, 5.74) is 1.49. The number of nitrogens with zero attached hydrogens (tertiary/aromatic N) is 5. The van der Waals surface area contributed by atoms with E-state index >= 15 is 0 Å². The van der Waals surface area contributed by atoms with Gasteiger partial charge in [0.2, 0.25) is 0 Å². The standard InChI is InChI=1S/C16H12N6O4S/c1-11-2-3-14(22(23)24)7-16(11)27(25,26)20-18-9-13-10-19-21-5-4-12(8-17)6-15(13)21/h2-7,9-10,20H,1H3/b18-9+. The Balaban J connectivity index is 1.89. The number of fused-ring (bicyclic) bond motifs is 1. The van der Waals surface area contributed by atoms with Gasteiger partial charge in [-0.1, -0.05) is 6.07 Å². The number of non-ortho nitro benzene ring substituents is 1. The smallest absolute Gasteiger partial charge is 0.258 e. The van der Waals surface area contributed by atoms with Crippen LogP contribution in [0.25, 0.3) is 5.52 Å². The number of rotatable bonds is 5. The van der Waals surface area contributed by atoms with E-state index in [1.165, 1.54) is 36.0 Å². The van der Waals surface area contributed by atoms with Crippen LogP contribution >= 0.6 is 0 Å². The predicted octanol–water partition coefficient (Wildman–Crippen LogP) is 1.73. The van der Waals surface area contributed by atoms with Crippen molar-refractivity contribution in [1.29, 1.82) is 5.26 Å². The molecule has 0 atom stereocenters. The Morgan fingerprint density at radius 2 is 2.15 bits per heavy atom. The third-order valence-corrected chi connectivity index (χ3v) is 5.09. The van der Waals surface area contributed by atoms with Crippen molar-refractivity contribution in [2.45, 2.75) is 11.8 Å². The zero-order valence-corrected chi connectivity index (χ0v) is 14.7. The highest BCUT2D eigenvalue weighted by molar-refractivity contribution is 7.89. The van der Waals surface area contributed by atoms with Crippen LogP contribution < -0.4 is 4.83 Å². The molecule has 0 bridgehead atoms. The number of nitriles is 1. The maximum atomic E-state index is 12.4. The Kier molecular flexibility index (Phi) is 4.57. The van der Waals surface area contributed by atoms with E-state index in [-0.39, 0.29) is 10.6 Å². The van der Waals surface area contributed by atoms with Crippen LogP contribution in [-0.2, 0) is 10.0 Å². The van der Waals surface area contributed by atoms with Crippen molar-refractivity contribution >= 4 is 27.4 Å². The Morgan fingerprint density at radius 1 is 1.37 bits per heavy atom. The van der Waals surface area contributed by atoms with Crippen molar-refractivity contribution in [2.75, 3.05) is 0 Å². The number of benzene rings is 1. The fraction of sp³-hybridized carbons (Fsp3) is 0.0625. The van der Waals surface area contributed by atoms with E-state index in [2.05, 4.69) is 10.2 Å². The molecule has 1 N–H and O–H groups in total. The van der Waals surface area contributed by atoms with E-state index in [1.54, 1.807) is 18.3 Å². The van der Waals surface area contributed by atoms with Gasteiger partial charge in [-0.25, -0.2) is 9.35 Å². The molecule has 3 rings (SSSR count). The van der Waals surface area contributed by atoms with Gasteiger partial charge in [0.05, 0.1) is 39.4 Å². The van der Waals surface area contributed by atoms with Gasteiger partial charge < -0.3 is 0 Å². The summed E-state index contributed by atoms with van der Waals surface area (Å²) in [6.07, 6.45) is 4.31. The zero-order valence-electron chi connectivity index (χ0n) is 13.9. The van der Waals surface area contributed by atoms with Crippen LogP contribution in [0.5, 0.6) is 0 Å². The number of nitro benzene ring substituents is 1. The molecule has 1 aromatic carbocycles. The van der Waals surface area contributed by atoms with Crippen LogP contribution in [0.3, 0.4) is 0 Å². The van der Waals surface area contributed by atoms with Crippen LogP contribution in [0, 0.1) is 28.4 Å². The van der Waals surface area contributed by atoms with E-state index in [4.69, 9.17) is 5.26 Å². The SMILES string of the molecule is Cc1ccc([N+](=O)[O-])cc1S(=O)(=O)N/N=C/c1cnn2ccc(C#N)cc12. The van der Waals surface area contributed by atoms with Gasteiger partial charge >= 0.3 is 0 Å². The lowest BCUT2D eigenvalue weighted by Gasteiger charge is -2.06. The molecule has 0 aliphatic heterocycles. The van der Waals surface area contributed by atoms with E-state index in [1.807, 2.05) is 10.9 Å². The number of hydrazone groups is 1. The molecule has 2 aromatic heterocycles. The normalized spacial score (nSPS) is 11.6. The van der Waals surface area contributed by atoms with Crippen molar-refractivity contribution in [3.8, 4) is 6.07 Å². The molecule has 10 nitrogen and oxygen atoms in total. The molecule has 0 fully saturated rings. The second-order valence-electron chi connectivity index (χ2n) is 5.52. The van der Waals surface area contributed by atoms with Crippen molar-refractivity contribution < 1.29 is 13.3 Å². The van der Waals surface area contributed by atoms with E-state index in [0.717, 1.165) is 6.07 Å². The maximum Gasteiger partial charge on any atom is 0.277 e. The summed E-state index contributed by atoms with van der Waals surface area (Å²) in [7, 11) is -4.10. The highest BCUT2D eigenvalue weighted by atomic mass is 32.2. The minimum atomic E-state index is -4.10. The highest BCUT2D eigenvalue weighted by Gasteiger charge is 2.20. The van der Waals surface area contributed by atoms with Gasteiger partial charge in [0.1, 0.15) is 0 Å². The molecule has 136 valence electrons. The zero-order chi connectivity index (χ0) is 19.6. The molecule has 11 heteroatoms. The van der Waals surface area contributed by atoms with Gasteiger partial charge in [0, 0.05) is 23.9 Å². The molecule has 3 aromatic rings. The van der Waals surface area contributed by atoms with Crippen LogP contribution in [0.1, 0.15) is 16.7 Å². The summed E-state index contributed by atoms with van der Waals surface area (Å²) < 4.78 is 26.3. The molecule has 0 aliphatic carbocycles. The summed E-state index contributed by atoms with van der Waals surface area (Å²) in [5, 5.41) is 27.6. The summed E-state index contributed by atoms with van der Waals surface area (Å²) >= 11 is 0. The average Bonchev–Trinajstić information content (AvgIpc) is 3.03. The average molecular weight is 384 g/mol. The number of nitro groups is 1. The number of hydrogen-bond acceptors (Lipinski definition) is 7. The number of aryl methyl sites for hydroxylation is 1. The van der Waals surface area contributed by atoms with Crippen LogP contribution in [0.2, 0.25) is 0 Å². The van der Waals surface area contributed by atoms with Gasteiger partial charge in [-0.05, 0) is 24.6 Å².